The highest BCUT2D eigenvalue weighted by atomic mass is 16.1. The maximum Gasteiger partial charge on any atom is 0.120 e. The summed E-state index contributed by atoms with van der Waals surface area (Å²) in [5.74, 6) is 0. The van der Waals surface area contributed by atoms with E-state index in [-0.39, 0.29) is 0 Å². The van der Waals surface area contributed by atoms with E-state index in [1.165, 1.54) is 89.9 Å². The van der Waals surface area contributed by atoms with Crippen LogP contribution in [0.25, 0.3) is 0 Å². The predicted molar refractivity (Wildman–Crippen MR) is 125 cm³/mol. The van der Waals surface area contributed by atoms with E-state index in [1.807, 2.05) is 0 Å². The van der Waals surface area contributed by atoms with Crippen molar-refractivity contribution in [2.24, 2.45) is 0 Å². The molecule has 0 unspecified atom stereocenters. The van der Waals surface area contributed by atoms with E-state index in [2.05, 4.69) is 38.2 Å². The molecule has 28 heavy (non-hydrogen) atoms. The van der Waals surface area contributed by atoms with Gasteiger partial charge in [-0.05, 0) is 51.4 Å². The highest BCUT2D eigenvalue weighted by molar-refractivity contribution is 5.49. The fraction of sp³-hybridized carbons (Fsp3) is 0.769. The number of allylic oxidation sites excluding steroid dienone is 4. The van der Waals surface area contributed by atoms with Crippen LogP contribution in [0.1, 0.15) is 129 Å². The van der Waals surface area contributed by atoms with Crippen molar-refractivity contribution in [2.45, 2.75) is 129 Å². The SMILES string of the molecule is CCCCC/C=C\CCCCCCC=O.CCCCCCCC=CCCC=O. The molecule has 0 saturated heterocycles. The second-order valence-corrected chi connectivity index (χ2v) is 7.54. The van der Waals surface area contributed by atoms with Crippen LogP contribution in [0.15, 0.2) is 24.3 Å². The molecule has 0 atom stereocenters. The van der Waals surface area contributed by atoms with Gasteiger partial charge < -0.3 is 9.59 Å². The Balaban J connectivity index is 0. The normalized spacial score (nSPS) is 10.9. The summed E-state index contributed by atoms with van der Waals surface area (Å²) in [6.07, 6.45) is 32.5. The van der Waals surface area contributed by atoms with Gasteiger partial charge in [-0.1, -0.05) is 89.5 Å². The van der Waals surface area contributed by atoms with Gasteiger partial charge >= 0.3 is 0 Å². The van der Waals surface area contributed by atoms with Gasteiger partial charge in [0.25, 0.3) is 0 Å². The lowest BCUT2D eigenvalue weighted by molar-refractivity contribution is -0.108. The molecule has 0 saturated carbocycles. The molecule has 0 radical (unpaired) electrons. The lowest BCUT2D eigenvalue weighted by Gasteiger charge is -1.96. The average Bonchev–Trinajstić information content (AvgIpc) is 2.71. The molecule has 0 aliphatic heterocycles. The maximum atomic E-state index is 10.1. The van der Waals surface area contributed by atoms with Crippen LogP contribution in [-0.2, 0) is 9.59 Å². The zero-order valence-corrected chi connectivity index (χ0v) is 19.0. The van der Waals surface area contributed by atoms with Gasteiger partial charge in [0, 0.05) is 12.8 Å². The molecule has 0 bridgehead atoms. The van der Waals surface area contributed by atoms with Crippen LogP contribution in [0, 0.1) is 0 Å². The summed E-state index contributed by atoms with van der Waals surface area (Å²) < 4.78 is 0. The third-order valence-electron chi connectivity index (χ3n) is 4.68. The van der Waals surface area contributed by atoms with E-state index < -0.39 is 0 Å². The highest BCUT2D eigenvalue weighted by Crippen LogP contribution is 2.07. The van der Waals surface area contributed by atoms with Crippen molar-refractivity contribution in [1.82, 2.24) is 0 Å². The molecule has 2 heteroatoms. The molecule has 0 aromatic heterocycles. The number of carbonyl (C=O) groups excluding carboxylic acids is 2. The molecule has 0 aromatic carbocycles. The first-order chi connectivity index (χ1) is 13.8. The number of carbonyl (C=O) groups is 2. The Morgan fingerprint density at radius 2 is 0.750 bits per heavy atom. The second-order valence-electron chi connectivity index (χ2n) is 7.54. The fourth-order valence-electron chi connectivity index (χ4n) is 2.86. The molecular weight excluding hydrogens is 344 g/mol. The lowest BCUT2D eigenvalue weighted by atomic mass is 10.1. The smallest absolute Gasteiger partial charge is 0.120 e. The molecule has 0 aromatic rings. The molecule has 0 rings (SSSR count). The second kappa shape index (κ2) is 30.5. The Hall–Kier alpha value is -1.18. The average molecular weight is 393 g/mol. The minimum Gasteiger partial charge on any atom is -0.303 e. The van der Waals surface area contributed by atoms with Crippen molar-refractivity contribution in [3.8, 4) is 0 Å². The number of rotatable bonds is 20. The largest absolute Gasteiger partial charge is 0.303 e. The van der Waals surface area contributed by atoms with Gasteiger partial charge in [-0.2, -0.15) is 0 Å². The first kappa shape index (κ1) is 29.0. The van der Waals surface area contributed by atoms with Crippen LogP contribution in [-0.4, -0.2) is 12.6 Å². The Morgan fingerprint density at radius 1 is 0.393 bits per heavy atom. The van der Waals surface area contributed by atoms with Crippen LogP contribution < -0.4 is 0 Å². The molecule has 0 heterocycles. The van der Waals surface area contributed by atoms with E-state index in [0.29, 0.717) is 6.42 Å². The van der Waals surface area contributed by atoms with Gasteiger partial charge in [0.15, 0.2) is 0 Å². The van der Waals surface area contributed by atoms with Gasteiger partial charge in [-0.3, -0.25) is 0 Å². The van der Waals surface area contributed by atoms with Crippen molar-refractivity contribution in [3.63, 3.8) is 0 Å². The van der Waals surface area contributed by atoms with E-state index in [4.69, 9.17) is 0 Å². The molecule has 0 N–H and O–H groups in total. The number of unbranched alkanes of at least 4 members (excludes halogenated alkanes) is 14. The highest BCUT2D eigenvalue weighted by Gasteiger charge is 1.88. The number of hydrogen-bond donors (Lipinski definition) is 0. The van der Waals surface area contributed by atoms with Crippen molar-refractivity contribution in [3.05, 3.63) is 24.3 Å². The van der Waals surface area contributed by atoms with Crippen molar-refractivity contribution >= 4 is 12.6 Å². The summed E-state index contributed by atoms with van der Waals surface area (Å²) in [6, 6.07) is 0. The minimum absolute atomic E-state index is 0.673. The topological polar surface area (TPSA) is 34.1 Å². The van der Waals surface area contributed by atoms with E-state index >= 15 is 0 Å². The Bertz CT molecular complexity index is 344. The molecule has 0 aliphatic carbocycles. The van der Waals surface area contributed by atoms with Crippen molar-refractivity contribution in [1.29, 1.82) is 0 Å². The van der Waals surface area contributed by atoms with Crippen LogP contribution in [0.5, 0.6) is 0 Å². The standard InChI is InChI=1S/C14H26O.C12H22O/c1-2-3-4-5-6-7-8-9-10-11-12-13-14-15;1-2-3-4-5-6-7-8-9-10-11-12-13/h6-7,14H,2-5,8-13H2,1H3;8-9,12H,2-7,10-11H2,1H3/b7-6-;. The molecule has 0 amide bonds. The summed E-state index contributed by atoms with van der Waals surface area (Å²) in [4.78, 5) is 20.0. The minimum atomic E-state index is 0.673. The summed E-state index contributed by atoms with van der Waals surface area (Å²) in [5, 5.41) is 0. The quantitative estimate of drug-likeness (QED) is 0.118. The van der Waals surface area contributed by atoms with Crippen LogP contribution in [0.4, 0.5) is 0 Å². The molecule has 164 valence electrons. The Kier molecular flexibility index (Phi) is 31.7. The van der Waals surface area contributed by atoms with Gasteiger partial charge in [0.05, 0.1) is 0 Å². The predicted octanol–water partition coefficient (Wildman–Crippen LogP) is 8.54. The van der Waals surface area contributed by atoms with Gasteiger partial charge in [0.1, 0.15) is 12.6 Å². The monoisotopic (exact) mass is 392 g/mol. The lowest BCUT2D eigenvalue weighted by Crippen LogP contribution is -1.79. The zero-order valence-electron chi connectivity index (χ0n) is 19.0. The van der Waals surface area contributed by atoms with E-state index in [1.54, 1.807) is 0 Å². The number of hydrogen-bond acceptors (Lipinski definition) is 2. The van der Waals surface area contributed by atoms with Gasteiger partial charge in [0.2, 0.25) is 0 Å². The summed E-state index contributed by atoms with van der Waals surface area (Å²) in [5.41, 5.74) is 0. The van der Waals surface area contributed by atoms with Crippen molar-refractivity contribution in [2.75, 3.05) is 0 Å². The summed E-state index contributed by atoms with van der Waals surface area (Å²) >= 11 is 0. The first-order valence-corrected chi connectivity index (χ1v) is 12.0. The molecule has 0 spiro atoms. The van der Waals surface area contributed by atoms with Crippen LogP contribution in [0.2, 0.25) is 0 Å². The van der Waals surface area contributed by atoms with E-state index in [0.717, 1.165) is 31.8 Å². The Morgan fingerprint density at radius 3 is 1.21 bits per heavy atom. The van der Waals surface area contributed by atoms with E-state index in [9.17, 15) is 9.59 Å². The van der Waals surface area contributed by atoms with Crippen LogP contribution >= 0.6 is 0 Å². The Labute approximate surface area is 176 Å². The first-order valence-electron chi connectivity index (χ1n) is 12.0. The molecule has 0 aliphatic rings. The summed E-state index contributed by atoms with van der Waals surface area (Å²) in [6.45, 7) is 4.47. The van der Waals surface area contributed by atoms with Gasteiger partial charge in [-0.25, -0.2) is 0 Å². The van der Waals surface area contributed by atoms with Gasteiger partial charge in [-0.15, -0.1) is 0 Å². The summed E-state index contributed by atoms with van der Waals surface area (Å²) in [7, 11) is 0. The number of aldehydes is 2. The molecular formula is C26H48O2. The van der Waals surface area contributed by atoms with Crippen LogP contribution in [0.3, 0.4) is 0 Å². The zero-order chi connectivity index (χ0) is 21.0. The fourth-order valence-corrected chi connectivity index (χ4v) is 2.86. The maximum absolute atomic E-state index is 10.1. The van der Waals surface area contributed by atoms with Crippen molar-refractivity contribution < 1.29 is 9.59 Å². The molecule has 2 nitrogen and oxygen atoms in total. The molecule has 0 fully saturated rings. The third kappa shape index (κ3) is 32.5. The third-order valence-corrected chi connectivity index (χ3v) is 4.68.